The summed E-state index contributed by atoms with van der Waals surface area (Å²) in [5.74, 6) is -0.407. The van der Waals surface area contributed by atoms with Gasteiger partial charge in [-0.25, -0.2) is 9.18 Å². The van der Waals surface area contributed by atoms with E-state index in [0.29, 0.717) is 36.5 Å². The molecule has 1 aliphatic carbocycles. The Kier molecular flexibility index (Phi) is 4.73. The molecular formula is C21H19FN4O2. The zero-order chi connectivity index (χ0) is 19.6. The van der Waals surface area contributed by atoms with Crippen molar-refractivity contribution >= 4 is 11.8 Å². The van der Waals surface area contributed by atoms with Crippen LogP contribution in [0.1, 0.15) is 28.9 Å². The van der Waals surface area contributed by atoms with Crippen LogP contribution < -0.4 is 5.32 Å². The summed E-state index contributed by atoms with van der Waals surface area (Å²) < 4.78 is 13.6. The molecule has 142 valence electrons. The number of nitrogens with one attached hydrogen (secondary N) is 1. The largest absolute Gasteiger partial charge is 0.478 e. The number of alkyl halides is 1. The standard InChI is InChI=1S/C21H19FN4O2/c22-16-11-21(12-16,18-6-1-2-9-23-18)13-24-19-8-7-17(25-26-19)14-4-3-5-15(10-14)20(27)28/h1-10,16H,11-13H2,(H,24,26)(H,27,28)/t16-,21+. The summed E-state index contributed by atoms with van der Waals surface area (Å²) in [6, 6.07) is 15.8. The average molecular weight is 378 g/mol. The van der Waals surface area contributed by atoms with E-state index in [9.17, 15) is 9.18 Å². The highest BCUT2D eigenvalue weighted by Gasteiger charge is 2.46. The number of aromatic carboxylic acids is 1. The fourth-order valence-corrected chi connectivity index (χ4v) is 3.56. The number of anilines is 1. The second kappa shape index (κ2) is 7.34. The van der Waals surface area contributed by atoms with Crippen LogP contribution in [-0.2, 0) is 5.41 Å². The van der Waals surface area contributed by atoms with Gasteiger partial charge in [0.25, 0.3) is 0 Å². The molecule has 2 aromatic heterocycles. The maximum absolute atomic E-state index is 13.6. The van der Waals surface area contributed by atoms with Crippen LogP contribution in [0.5, 0.6) is 0 Å². The van der Waals surface area contributed by atoms with Gasteiger partial charge in [-0.15, -0.1) is 10.2 Å². The first-order valence-electron chi connectivity index (χ1n) is 9.03. The summed E-state index contributed by atoms with van der Waals surface area (Å²) in [6.07, 6.45) is 1.79. The van der Waals surface area contributed by atoms with Crippen molar-refractivity contribution in [2.75, 3.05) is 11.9 Å². The number of benzene rings is 1. The Hall–Kier alpha value is -3.35. The Morgan fingerprint density at radius 2 is 2.00 bits per heavy atom. The molecule has 1 aliphatic rings. The van der Waals surface area contributed by atoms with Crippen LogP contribution in [0.25, 0.3) is 11.3 Å². The maximum atomic E-state index is 13.6. The fraction of sp³-hybridized carbons (Fsp3) is 0.238. The third-order valence-corrected chi connectivity index (χ3v) is 5.11. The van der Waals surface area contributed by atoms with Gasteiger partial charge in [0.15, 0.2) is 0 Å². The first kappa shape index (κ1) is 18.0. The number of carbonyl (C=O) groups is 1. The fourth-order valence-electron chi connectivity index (χ4n) is 3.56. The predicted molar refractivity (Wildman–Crippen MR) is 103 cm³/mol. The molecule has 3 aromatic rings. The highest BCUT2D eigenvalue weighted by Crippen LogP contribution is 2.44. The van der Waals surface area contributed by atoms with Crippen LogP contribution in [0.3, 0.4) is 0 Å². The van der Waals surface area contributed by atoms with Gasteiger partial charge in [0.1, 0.15) is 12.0 Å². The zero-order valence-electron chi connectivity index (χ0n) is 15.0. The minimum atomic E-state index is -0.986. The van der Waals surface area contributed by atoms with Crippen molar-refractivity contribution in [2.45, 2.75) is 24.4 Å². The van der Waals surface area contributed by atoms with Gasteiger partial charge in [-0.05, 0) is 49.2 Å². The SMILES string of the molecule is O=C(O)c1cccc(-c2ccc(NC[C@]3(c4ccccn4)C[C@@H](F)C3)nn2)c1. The van der Waals surface area contributed by atoms with Crippen molar-refractivity contribution < 1.29 is 14.3 Å². The molecule has 1 fully saturated rings. The summed E-state index contributed by atoms with van der Waals surface area (Å²) in [5, 5.41) is 20.7. The minimum Gasteiger partial charge on any atom is -0.478 e. The third-order valence-electron chi connectivity index (χ3n) is 5.11. The topological polar surface area (TPSA) is 88.0 Å². The van der Waals surface area contributed by atoms with Gasteiger partial charge in [0, 0.05) is 29.4 Å². The summed E-state index contributed by atoms with van der Waals surface area (Å²) >= 11 is 0. The van der Waals surface area contributed by atoms with Crippen LogP contribution in [0, 0.1) is 0 Å². The van der Waals surface area contributed by atoms with E-state index in [1.54, 1.807) is 36.5 Å². The number of rotatable bonds is 6. The molecule has 7 heteroatoms. The number of carboxylic acids is 1. The van der Waals surface area contributed by atoms with Crippen LogP contribution in [0.4, 0.5) is 10.2 Å². The number of aromatic nitrogens is 3. The Balaban J connectivity index is 1.48. The van der Waals surface area contributed by atoms with E-state index in [1.807, 2.05) is 18.2 Å². The number of carboxylic acid groups (broad SMARTS) is 1. The molecule has 4 rings (SSSR count). The van der Waals surface area contributed by atoms with Crippen molar-refractivity contribution in [2.24, 2.45) is 0 Å². The lowest BCUT2D eigenvalue weighted by molar-refractivity contribution is 0.0697. The molecule has 0 radical (unpaired) electrons. The third kappa shape index (κ3) is 3.55. The lowest BCUT2D eigenvalue weighted by atomic mass is 9.65. The second-order valence-corrected chi connectivity index (χ2v) is 7.04. The Bertz CT molecular complexity index is 973. The van der Waals surface area contributed by atoms with Crippen molar-refractivity contribution in [3.8, 4) is 11.3 Å². The average Bonchev–Trinajstić information content (AvgIpc) is 2.71. The lowest BCUT2D eigenvalue weighted by Gasteiger charge is -2.43. The summed E-state index contributed by atoms with van der Waals surface area (Å²) in [6.45, 7) is 0.521. The van der Waals surface area contributed by atoms with Gasteiger partial charge >= 0.3 is 5.97 Å². The molecule has 1 aromatic carbocycles. The van der Waals surface area contributed by atoms with Gasteiger partial charge in [-0.1, -0.05) is 18.2 Å². The number of nitrogens with zero attached hydrogens (tertiary/aromatic N) is 3. The van der Waals surface area contributed by atoms with Crippen LogP contribution in [0.15, 0.2) is 60.8 Å². The van der Waals surface area contributed by atoms with E-state index in [4.69, 9.17) is 5.11 Å². The molecule has 1 saturated carbocycles. The van der Waals surface area contributed by atoms with Crippen LogP contribution in [-0.4, -0.2) is 39.0 Å². The van der Waals surface area contributed by atoms with E-state index >= 15 is 0 Å². The number of hydrogen-bond donors (Lipinski definition) is 2. The van der Waals surface area contributed by atoms with Gasteiger partial charge in [0.05, 0.1) is 11.3 Å². The van der Waals surface area contributed by atoms with Gasteiger partial charge in [0.2, 0.25) is 0 Å². The van der Waals surface area contributed by atoms with Crippen molar-refractivity contribution in [3.63, 3.8) is 0 Å². The molecule has 0 unspecified atom stereocenters. The van der Waals surface area contributed by atoms with E-state index in [2.05, 4.69) is 20.5 Å². The molecule has 0 spiro atoms. The molecule has 28 heavy (non-hydrogen) atoms. The van der Waals surface area contributed by atoms with Crippen molar-refractivity contribution in [3.05, 3.63) is 72.1 Å². The van der Waals surface area contributed by atoms with Crippen molar-refractivity contribution in [1.29, 1.82) is 0 Å². The minimum absolute atomic E-state index is 0.199. The normalized spacial score (nSPS) is 21.0. The Morgan fingerprint density at radius 1 is 1.14 bits per heavy atom. The summed E-state index contributed by atoms with van der Waals surface area (Å²) in [7, 11) is 0. The molecule has 0 amide bonds. The highest BCUT2D eigenvalue weighted by molar-refractivity contribution is 5.89. The van der Waals surface area contributed by atoms with E-state index < -0.39 is 12.1 Å². The van der Waals surface area contributed by atoms with E-state index in [1.165, 1.54) is 6.07 Å². The maximum Gasteiger partial charge on any atom is 0.335 e. The number of pyridine rings is 1. The zero-order valence-corrected chi connectivity index (χ0v) is 15.0. The second-order valence-electron chi connectivity index (χ2n) is 7.04. The molecule has 0 aliphatic heterocycles. The first-order valence-corrected chi connectivity index (χ1v) is 9.03. The molecular weight excluding hydrogens is 359 g/mol. The molecule has 0 atom stereocenters. The molecule has 2 N–H and O–H groups in total. The van der Waals surface area contributed by atoms with Gasteiger partial charge in [-0.2, -0.15) is 0 Å². The van der Waals surface area contributed by atoms with Gasteiger partial charge in [-0.3, -0.25) is 4.98 Å². The predicted octanol–water partition coefficient (Wildman–Crippen LogP) is 3.72. The number of halogens is 1. The molecule has 0 bridgehead atoms. The monoisotopic (exact) mass is 378 g/mol. The molecule has 6 nitrogen and oxygen atoms in total. The van der Waals surface area contributed by atoms with Crippen molar-refractivity contribution in [1.82, 2.24) is 15.2 Å². The Morgan fingerprint density at radius 3 is 2.64 bits per heavy atom. The molecule has 2 heterocycles. The van der Waals surface area contributed by atoms with Crippen LogP contribution >= 0.6 is 0 Å². The smallest absolute Gasteiger partial charge is 0.335 e. The molecule has 0 saturated heterocycles. The van der Waals surface area contributed by atoms with E-state index in [0.717, 1.165) is 5.69 Å². The lowest BCUT2D eigenvalue weighted by Crippen LogP contribution is -2.48. The highest BCUT2D eigenvalue weighted by atomic mass is 19.1. The van der Waals surface area contributed by atoms with Gasteiger partial charge < -0.3 is 10.4 Å². The Labute approximate surface area is 161 Å². The summed E-state index contributed by atoms with van der Waals surface area (Å²) in [5.41, 5.74) is 2.01. The van der Waals surface area contributed by atoms with Crippen LogP contribution in [0.2, 0.25) is 0 Å². The van der Waals surface area contributed by atoms with E-state index in [-0.39, 0.29) is 11.0 Å². The first-order chi connectivity index (χ1) is 13.6. The number of hydrogen-bond acceptors (Lipinski definition) is 5. The summed E-state index contributed by atoms with van der Waals surface area (Å²) in [4.78, 5) is 15.5. The quantitative estimate of drug-likeness (QED) is 0.680.